The lowest BCUT2D eigenvalue weighted by atomic mass is 9.53. The van der Waals surface area contributed by atoms with Gasteiger partial charge in [-0.1, -0.05) is 65.2 Å². The summed E-state index contributed by atoms with van der Waals surface area (Å²) in [6.07, 6.45) is 13.1. The molecule has 0 saturated heterocycles. The molecule has 0 amide bonds. The van der Waals surface area contributed by atoms with E-state index in [4.69, 9.17) is 0 Å². The molecule has 150 valence electrons. The minimum atomic E-state index is 0.625. The second-order valence-corrected chi connectivity index (χ2v) is 11.1. The molecular formula is C27H42. The summed E-state index contributed by atoms with van der Waals surface area (Å²) in [7, 11) is 0. The first kappa shape index (κ1) is 19.5. The molecule has 0 aromatic heterocycles. The molecule has 1 aromatic carbocycles. The normalized spacial score (nSPS) is 36.2. The third-order valence-corrected chi connectivity index (χ3v) is 9.21. The standard InChI is InChI=1S/C27H42/c1-18(2)8-6-10-20(4)25-14-15-26-24-13-12-21-19(3)9-7-11-22(21)23(24)16-17-27(25,26)5/h7,9,11,18,20,23-26H,6,8,10,12-17H2,1-5H3/t20-,23-,24-,25-,26+,27-/m1/s1. The highest BCUT2D eigenvalue weighted by Crippen LogP contribution is 2.64. The van der Waals surface area contributed by atoms with Gasteiger partial charge in [-0.2, -0.15) is 0 Å². The number of aryl methyl sites for hydroxylation is 1. The quantitative estimate of drug-likeness (QED) is 0.496. The summed E-state index contributed by atoms with van der Waals surface area (Å²) in [6, 6.07) is 7.12. The lowest BCUT2D eigenvalue weighted by Gasteiger charge is -2.52. The molecule has 2 fully saturated rings. The Bertz CT molecular complexity index is 656. The number of hydrogen-bond acceptors (Lipinski definition) is 0. The first-order chi connectivity index (χ1) is 12.9. The molecule has 3 aliphatic carbocycles. The van der Waals surface area contributed by atoms with Crippen molar-refractivity contribution in [2.24, 2.45) is 35.0 Å². The van der Waals surface area contributed by atoms with E-state index < -0.39 is 0 Å². The molecule has 2 saturated carbocycles. The van der Waals surface area contributed by atoms with Crippen LogP contribution in [0.1, 0.15) is 102 Å². The Morgan fingerprint density at radius 2 is 1.85 bits per heavy atom. The van der Waals surface area contributed by atoms with Crippen LogP contribution in [0.3, 0.4) is 0 Å². The molecule has 6 atom stereocenters. The molecule has 27 heavy (non-hydrogen) atoms. The van der Waals surface area contributed by atoms with Gasteiger partial charge in [0.05, 0.1) is 0 Å². The molecule has 0 heteroatoms. The summed E-state index contributed by atoms with van der Waals surface area (Å²) in [4.78, 5) is 0. The van der Waals surface area contributed by atoms with E-state index in [9.17, 15) is 0 Å². The molecule has 0 spiro atoms. The van der Waals surface area contributed by atoms with Crippen molar-refractivity contribution >= 4 is 0 Å². The van der Waals surface area contributed by atoms with E-state index in [1.165, 1.54) is 57.8 Å². The largest absolute Gasteiger partial charge is 0.0628 e. The Kier molecular flexibility index (Phi) is 5.47. The summed E-state index contributed by atoms with van der Waals surface area (Å²) in [5.41, 5.74) is 5.61. The van der Waals surface area contributed by atoms with Crippen molar-refractivity contribution < 1.29 is 0 Å². The van der Waals surface area contributed by atoms with Gasteiger partial charge in [0.15, 0.2) is 0 Å². The molecule has 1 aromatic rings. The highest BCUT2D eigenvalue weighted by molar-refractivity contribution is 5.40. The highest BCUT2D eigenvalue weighted by atomic mass is 14.6. The zero-order chi connectivity index (χ0) is 19.2. The van der Waals surface area contributed by atoms with Crippen molar-refractivity contribution in [2.45, 2.75) is 98.3 Å². The zero-order valence-corrected chi connectivity index (χ0v) is 18.6. The van der Waals surface area contributed by atoms with Gasteiger partial charge in [0.25, 0.3) is 0 Å². The molecular weight excluding hydrogens is 324 g/mol. The van der Waals surface area contributed by atoms with E-state index in [2.05, 4.69) is 52.8 Å². The second kappa shape index (κ2) is 7.57. The fourth-order valence-corrected chi connectivity index (χ4v) is 7.83. The van der Waals surface area contributed by atoms with Crippen molar-refractivity contribution in [3.05, 3.63) is 34.9 Å². The predicted octanol–water partition coefficient (Wildman–Crippen LogP) is 7.93. The third kappa shape index (κ3) is 3.40. The van der Waals surface area contributed by atoms with Crippen molar-refractivity contribution in [1.82, 2.24) is 0 Å². The summed E-state index contributed by atoms with van der Waals surface area (Å²) >= 11 is 0. The number of benzene rings is 1. The van der Waals surface area contributed by atoms with Crippen molar-refractivity contribution in [3.63, 3.8) is 0 Å². The van der Waals surface area contributed by atoms with Crippen molar-refractivity contribution in [2.75, 3.05) is 0 Å². The van der Waals surface area contributed by atoms with Gasteiger partial charge >= 0.3 is 0 Å². The SMILES string of the molecule is Cc1cccc2c1CC[C@@H]1[C@@H]2CC[C@]2(C)[C@@H]([C@H](C)CCCC(C)C)CC[C@@H]12. The van der Waals surface area contributed by atoms with Gasteiger partial charge in [-0.3, -0.25) is 0 Å². The van der Waals surface area contributed by atoms with E-state index in [1.807, 2.05) is 0 Å². The lowest BCUT2D eigenvalue weighted by molar-refractivity contribution is 0.00966. The Labute approximate surface area is 168 Å². The molecule has 3 aliphatic rings. The zero-order valence-electron chi connectivity index (χ0n) is 18.6. The third-order valence-electron chi connectivity index (χ3n) is 9.21. The summed E-state index contributed by atoms with van der Waals surface area (Å²) in [5.74, 6) is 5.59. The average Bonchev–Trinajstić information content (AvgIpc) is 2.98. The molecule has 0 nitrogen and oxygen atoms in total. The van der Waals surface area contributed by atoms with Gasteiger partial charge in [0.1, 0.15) is 0 Å². The molecule has 0 bridgehead atoms. The first-order valence-corrected chi connectivity index (χ1v) is 12.0. The highest BCUT2D eigenvalue weighted by Gasteiger charge is 2.55. The van der Waals surface area contributed by atoms with E-state index in [1.54, 1.807) is 16.7 Å². The Balaban J connectivity index is 1.50. The predicted molar refractivity (Wildman–Crippen MR) is 117 cm³/mol. The monoisotopic (exact) mass is 366 g/mol. The van der Waals surface area contributed by atoms with Crippen molar-refractivity contribution in [1.29, 1.82) is 0 Å². The molecule has 0 radical (unpaired) electrons. The van der Waals surface area contributed by atoms with E-state index >= 15 is 0 Å². The molecule has 0 aliphatic heterocycles. The van der Waals surface area contributed by atoms with Crippen LogP contribution >= 0.6 is 0 Å². The Morgan fingerprint density at radius 3 is 2.63 bits per heavy atom. The number of rotatable bonds is 5. The maximum absolute atomic E-state index is 2.70. The fourth-order valence-electron chi connectivity index (χ4n) is 7.83. The fraction of sp³-hybridized carbons (Fsp3) is 0.778. The van der Waals surface area contributed by atoms with E-state index in [0.717, 1.165) is 35.5 Å². The maximum Gasteiger partial charge on any atom is -0.0128 e. The van der Waals surface area contributed by atoms with Crippen LogP contribution in [0.15, 0.2) is 18.2 Å². The van der Waals surface area contributed by atoms with Crippen LogP contribution in [0.5, 0.6) is 0 Å². The van der Waals surface area contributed by atoms with E-state index in [0.29, 0.717) is 5.41 Å². The van der Waals surface area contributed by atoms with Crippen LogP contribution in [0.2, 0.25) is 0 Å². The average molecular weight is 367 g/mol. The molecule has 0 heterocycles. The smallest absolute Gasteiger partial charge is 0.0128 e. The van der Waals surface area contributed by atoms with E-state index in [-0.39, 0.29) is 0 Å². The Hall–Kier alpha value is -0.780. The van der Waals surface area contributed by atoms with Crippen LogP contribution < -0.4 is 0 Å². The van der Waals surface area contributed by atoms with Gasteiger partial charge in [-0.15, -0.1) is 0 Å². The van der Waals surface area contributed by atoms with Gasteiger partial charge < -0.3 is 0 Å². The molecule has 4 rings (SSSR count). The second-order valence-electron chi connectivity index (χ2n) is 11.1. The van der Waals surface area contributed by atoms with Crippen LogP contribution in [-0.2, 0) is 6.42 Å². The van der Waals surface area contributed by atoms with Gasteiger partial charge in [-0.25, -0.2) is 0 Å². The molecule has 0 N–H and O–H groups in total. The lowest BCUT2D eigenvalue weighted by Crippen LogP contribution is -2.43. The topological polar surface area (TPSA) is 0 Å². The van der Waals surface area contributed by atoms with Crippen LogP contribution in [0, 0.1) is 41.9 Å². The number of hydrogen-bond donors (Lipinski definition) is 0. The van der Waals surface area contributed by atoms with Gasteiger partial charge in [0.2, 0.25) is 0 Å². The summed E-state index contributed by atoms with van der Waals surface area (Å²) < 4.78 is 0. The first-order valence-electron chi connectivity index (χ1n) is 12.0. The summed E-state index contributed by atoms with van der Waals surface area (Å²) in [5, 5.41) is 0. The van der Waals surface area contributed by atoms with Crippen LogP contribution in [0.25, 0.3) is 0 Å². The van der Waals surface area contributed by atoms with Gasteiger partial charge in [0, 0.05) is 0 Å². The van der Waals surface area contributed by atoms with Gasteiger partial charge in [-0.05, 0) is 103 Å². The minimum absolute atomic E-state index is 0.625. The minimum Gasteiger partial charge on any atom is -0.0628 e. The van der Waals surface area contributed by atoms with Crippen molar-refractivity contribution in [3.8, 4) is 0 Å². The van der Waals surface area contributed by atoms with Crippen LogP contribution in [-0.4, -0.2) is 0 Å². The number of fused-ring (bicyclic) bond motifs is 5. The Morgan fingerprint density at radius 1 is 1.04 bits per heavy atom. The molecule has 0 unspecified atom stereocenters. The summed E-state index contributed by atoms with van der Waals surface area (Å²) in [6.45, 7) is 12.4. The maximum atomic E-state index is 2.70. The van der Waals surface area contributed by atoms with Crippen LogP contribution in [0.4, 0.5) is 0 Å².